The molecule has 0 saturated carbocycles. The zero-order valence-electron chi connectivity index (χ0n) is 13.3. The minimum atomic E-state index is -0.834. The van der Waals surface area contributed by atoms with Crippen molar-refractivity contribution in [3.63, 3.8) is 0 Å². The highest BCUT2D eigenvalue weighted by atomic mass is 16.6. The highest BCUT2D eigenvalue weighted by Crippen LogP contribution is 2.27. The lowest BCUT2D eigenvalue weighted by Gasteiger charge is -2.03. The lowest BCUT2D eigenvalue weighted by Crippen LogP contribution is -2.18. The number of primary amides is 1. The standard InChI is InChI=1S/C17H13N5O4/c18-15-13(16(19)23)14(10-5-2-1-3-6-10)20-21(15)17(24)11-7-4-8-12(9-11)22(25)26/h1-9H,18H2,(H2,19,23). The number of anilines is 1. The second kappa shape index (κ2) is 6.48. The minimum Gasteiger partial charge on any atom is -0.383 e. The molecule has 3 rings (SSSR count). The van der Waals surface area contributed by atoms with Crippen molar-refractivity contribution in [3.8, 4) is 11.3 Å². The summed E-state index contributed by atoms with van der Waals surface area (Å²) in [5.74, 6) is -1.77. The Bertz CT molecular complexity index is 1030. The van der Waals surface area contributed by atoms with Crippen molar-refractivity contribution >= 4 is 23.3 Å². The van der Waals surface area contributed by atoms with Crippen LogP contribution in [0.2, 0.25) is 0 Å². The average molecular weight is 351 g/mol. The summed E-state index contributed by atoms with van der Waals surface area (Å²) >= 11 is 0. The van der Waals surface area contributed by atoms with E-state index in [1.807, 2.05) is 0 Å². The van der Waals surface area contributed by atoms with Crippen LogP contribution in [0, 0.1) is 10.1 Å². The number of rotatable bonds is 4. The maximum absolute atomic E-state index is 12.7. The fourth-order valence-electron chi connectivity index (χ4n) is 2.50. The SMILES string of the molecule is NC(=O)c1c(-c2ccccc2)nn(C(=O)c2cccc([N+](=O)[O-])c2)c1N. The number of non-ortho nitro benzene ring substituents is 1. The molecule has 3 aromatic rings. The fraction of sp³-hybridized carbons (Fsp3) is 0. The third-order valence-corrected chi connectivity index (χ3v) is 3.71. The van der Waals surface area contributed by atoms with Crippen LogP contribution in [0.15, 0.2) is 54.6 Å². The summed E-state index contributed by atoms with van der Waals surface area (Å²) in [6, 6.07) is 13.8. The summed E-state index contributed by atoms with van der Waals surface area (Å²) < 4.78 is 0.821. The van der Waals surface area contributed by atoms with E-state index in [4.69, 9.17) is 11.5 Å². The maximum Gasteiger partial charge on any atom is 0.280 e. The first-order valence-electron chi connectivity index (χ1n) is 7.43. The van der Waals surface area contributed by atoms with E-state index in [1.54, 1.807) is 30.3 Å². The van der Waals surface area contributed by atoms with E-state index in [-0.39, 0.29) is 28.3 Å². The number of carbonyl (C=O) groups is 2. The smallest absolute Gasteiger partial charge is 0.280 e. The quantitative estimate of drug-likeness (QED) is 0.541. The molecule has 0 fully saturated rings. The second-order valence-electron chi connectivity index (χ2n) is 5.36. The van der Waals surface area contributed by atoms with E-state index in [9.17, 15) is 19.7 Å². The van der Waals surface area contributed by atoms with Gasteiger partial charge in [0.15, 0.2) is 0 Å². The van der Waals surface area contributed by atoms with E-state index in [1.165, 1.54) is 18.2 Å². The number of hydrogen-bond acceptors (Lipinski definition) is 6. The average Bonchev–Trinajstić information content (AvgIpc) is 2.99. The van der Waals surface area contributed by atoms with E-state index in [0.29, 0.717) is 5.56 Å². The molecule has 9 nitrogen and oxygen atoms in total. The lowest BCUT2D eigenvalue weighted by atomic mass is 10.1. The molecule has 1 aromatic heterocycles. The number of nitrogens with zero attached hydrogens (tertiary/aromatic N) is 3. The zero-order valence-corrected chi connectivity index (χ0v) is 13.3. The third-order valence-electron chi connectivity index (χ3n) is 3.71. The Morgan fingerprint density at radius 1 is 1.08 bits per heavy atom. The Kier molecular flexibility index (Phi) is 4.19. The molecule has 0 spiro atoms. The number of nitro benzene ring substituents is 1. The molecule has 2 aromatic carbocycles. The normalized spacial score (nSPS) is 10.5. The van der Waals surface area contributed by atoms with E-state index in [2.05, 4.69) is 5.10 Å². The van der Waals surface area contributed by atoms with Crippen LogP contribution in [-0.4, -0.2) is 26.5 Å². The summed E-state index contributed by atoms with van der Waals surface area (Å²) in [6.45, 7) is 0. The van der Waals surface area contributed by atoms with Crippen LogP contribution < -0.4 is 11.5 Å². The molecule has 0 saturated heterocycles. The molecule has 1 heterocycles. The van der Waals surface area contributed by atoms with Crippen molar-refractivity contribution in [2.75, 3.05) is 5.73 Å². The highest BCUT2D eigenvalue weighted by molar-refractivity contribution is 6.07. The van der Waals surface area contributed by atoms with Gasteiger partial charge in [0, 0.05) is 23.3 Å². The van der Waals surface area contributed by atoms with Crippen LogP contribution in [0.25, 0.3) is 11.3 Å². The fourth-order valence-corrected chi connectivity index (χ4v) is 2.50. The highest BCUT2D eigenvalue weighted by Gasteiger charge is 2.25. The predicted molar refractivity (Wildman–Crippen MR) is 93.4 cm³/mol. The van der Waals surface area contributed by atoms with Gasteiger partial charge in [0.2, 0.25) is 0 Å². The molecule has 0 radical (unpaired) electrons. The summed E-state index contributed by atoms with van der Waals surface area (Å²) in [4.78, 5) is 34.8. The number of nitro groups is 1. The summed E-state index contributed by atoms with van der Waals surface area (Å²) in [7, 11) is 0. The number of carbonyl (C=O) groups excluding carboxylic acids is 2. The van der Waals surface area contributed by atoms with Crippen molar-refractivity contribution < 1.29 is 14.5 Å². The molecule has 26 heavy (non-hydrogen) atoms. The Morgan fingerprint density at radius 3 is 2.38 bits per heavy atom. The Morgan fingerprint density at radius 2 is 1.77 bits per heavy atom. The van der Waals surface area contributed by atoms with Gasteiger partial charge in [-0.15, -0.1) is 0 Å². The molecule has 1 amide bonds. The van der Waals surface area contributed by atoms with E-state index in [0.717, 1.165) is 10.7 Å². The molecule has 0 unspecified atom stereocenters. The monoisotopic (exact) mass is 351 g/mol. The van der Waals surface area contributed by atoms with Gasteiger partial charge in [-0.25, -0.2) is 0 Å². The minimum absolute atomic E-state index is 0.00373. The molecular weight excluding hydrogens is 338 g/mol. The number of nitrogen functional groups attached to an aromatic ring is 1. The third kappa shape index (κ3) is 2.88. The second-order valence-corrected chi connectivity index (χ2v) is 5.36. The van der Waals surface area contributed by atoms with Crippen molar-refractivity contribution in [1.82, 2.24) is 9.78 Å². The Balaban J connectivity index is 2.14. The Hall–Kier alpha value is -4.01. The van der Waals surface area contributed by atoms with E-state index < -0.39 is 16.7 Å². The van der Waals surface area contributed by atoms with Gasteiger partial charge < -0.3 is 11.5 Å². The van der Waals surface area contributed by atoms with Crippen LogP contribution in [-0.2, 0) is 0 Å². The summed E-state index contributed by atoms with van der Waals surface area (Å²) in [6.07, 6.45) is 0. The summed E-state index contributed by atoms with van der Waals surface area (Å²) in [5.41, 5.74) is 11.7. The summed E-state index contributed by atoms with van der Waals surface area (Å²) in [5, 5.41) is 15.0. The largest absolute Gasteiger partial charge is 0.383 e. The van der Waals surface area contributed by atoms with Gasteiger partial charge >= 0.3 is 0 Å². The number of aromatic nitrogens is 2. The first-order chi connectivity index (χ1) is 12.4. The van der Waals surface area contributed by atoms with Gasteiger partial charge in [-0.2, -0.15) is 9.78 Å². The van der Waals surface area contributed by atoms with Gasteiger partial charge in [0.25, 0.3) is 17.5 Å². The van der Waals surface area contributed by atoms with Crippen molar-refractivity contribution in [3.05, 3.63) is 75.8 Å². The maximum atomic E-state index is 12.7. The van der Waals surface area contributed by atoms with Crippen LogP contribution in [0.3, 0.4) is 0 Å². The molecule has 4 N–H and O–H groups in total. The molecule has 0 aliphatic rings. The molecule has 0 aliphatic heterocycles. The van der Waals surface area contributed by atoms with Crippen molar-refractivity contribution in [2.24, 2.45) is 5.73 Å². The van der Waals surface area contributed by atoms with Crippen LogP contribution in [0.4, 0.5) is 11.5 Å². The van der Waals surface area contributed by atoms with Gasteiger partial charge in [-0.3, -0.25) is 19.7 Å². The number of nitrogens with two attached hydrogens (primary N) is 2. The molecule has 0 aliphatic carbocycles. The van der Waals surface area contributed by atoms with Gasteiger partial charge in [0.1, 0.15) is 17.1 Å². The van der Waals surface area contributed by atoms with Crippen LogP contribution >= 0.6 is 0 Å². The van der Waals surface area contributed by atoms with Gasteiger partial charge in [0.05, 0.1) is 4.92 Å². The number of benzene rings is 2. The first-order valence-corrected chi connectivity index (χ1v) is 7.43. The van der Waals surface area contributed by atoms with Gasteiger partial charge in [-0.05, 0) is 6.07 Å². The zero-order chi connectivity index (χ0) is 18.8. The predicted octanol–water partition coefficient (Wildman–Crippen LogP) is 1.83. The number of amides is 1. The van der Waals surface area contributed by atoms with Gasteiger partial charge in [-0.1, -0.05) is 36.4 Å². The van der Waals surface area contributed by atoms with E-state index >= 15 is 0 Å². The molecule has 9 heteroatoms. The molecule has 0 atom stereocenters. The van der Waals surface area contributed by atoms with Crippen molar-refractivity contribution in [2.45, 2.75) is 0 Å². The topological polar surface area (TPSA) is 147 Å². The van der Waals surface area contributed by atoms with Crippen LogP contribution in [0.5, 0.6) is 0 Å². The Labute approximate surface area is 147 Å². The lowest BCUT2D eigenvalue weighted by molar-refractivity contribution is -0.384. The van der Waals surface area contributed by atoms with Crippen LogP contribution in [0.1, 0.15) is 20.7 Å². The molecule has 0 bridgehead atoms. The first kappa shape index (κ1) is 16.8. The molecular formula is C17H13N5O4. The van der Waals surface area contributed by atoms with Crippen molar-refractivity contribution in [1.29, 1.82) is 0 Å². The molecule has 130 valence electrons. The number of hydrogen-bond donors (Lipinski definition) is 2.